The molecule has 1 aliphatic carbocycles. The van der Waals surface area contributed by atoms with Crippen LogP contribution in [0, 0.1) is 0 Å². The summed E-state index contributed by atoms with van der Waals surface area (Å²) >= 11 is 6.42. The lowest BCUT2D eigenvalue weighted by Gasteiger charge is -2.27. The number of halogens is 1. The van der Waals surface area contributed by atoms with Crippen LogP contribution in [-0.4, -0.2) is 31.2 Å². The average molecular weight is 266 g/mol. The van der Waals surface area contributed by atoms with Crippen LogP contribution in [0.4, 0.5) is 0 Å². The van der Waals surface area contributed by atoms with Gasteiger partial charge in [0.05, 0.1) is 13.2 Å². The van der Waals surface area contributed by atoms with Gasteiger partial charge in [-0.25, -0.2) is 0 Å². The lowest BCUT2D eigenvalue weighted by Crippen LogP contribution is -2.35. The summed E-state index contributed by atoms with van der Waals surface area (Å²) in [4.78, 5) is 2.43. The summed E-state index contributed by atoms with van der Waals surface area (Å²) in [6, 6.07) is 4.53. The number of ether oxygens (including phenoxy) is 1. The van der Waals surface area contributed by atoms with Gasteiger partial charge in [-0.3, -0.25) is 4.90 Å². The van der Waals surface area contributed by atoms with Gasteiger partial charge in [-0.1, -0.05) is 24.6 Å². The summed E-state index contributed by atoms with van der Waals surface area (Å²) in [5, 5.41) is 0.939. The van der Waals surface area contributed by atoms with Crippen LogP contribution in [0.5, 0.6) is 0 Å². The van der Waals surface area contributed by atoms with Crippen molar-refractivity contribution < 1.29 is 4.74 Å². The lowest BCUT2D eigenvalue weighted by atomic mass is 10.0. The third-order valence-electron chi connectivity index (χ3n) is 4.18. The van der Waals surface area contributed by atoms with Crippen LogP contribution in [0.1, 0.15) is 36.0 Å². The Bertz CT molecular complexity index is 440. The van der Waals surface area contributed by atoms with Crippen molar-refractivity contribution in [2.45, 2.75) is 32.2 Å². The van der Waals surface area contributed by atoms with Crippen LogP contribution in [0.3, 0.4) is 0 Å². The second-order valence-electron chi connectivity index (χ2n) is 5.47. The molecular weight excluding hydrogens is 246 g/mol. The maximum absolute atomic E-state index is 6.42. The Morgan fingerprint density at radius 3 is 2.89 bits per heavy atom. The van der Waals surface area contributed by atoms with E-state index in [4.69, 9.17) is 16.3 Å². The summed E-state index contributed by atoms with van der Waals surface area (Å²) in [5.41, 5.74) is 4.26. The highest BCUT2D eigenvalue weighted by Gasteiger charge is 2.21. The van der Waals surface area contributed by atoms with E-state index < -0.39 is 0 Å². The van der Waals surface area contributed by atoms with E-state index in [-0.39, 0.29) is 0 Å². The number of benzene rings is 1. The Kier molecular flexibility index (Phi) is 3.60. The molecular formula is C15H20ClNO. The first-order valence-electron chi connectivity index (χ1n) is 6.85. The molecule has 2 nitrogen and oxygen atoms in total. The Morgan fingerprint density at radius 2 is 2.11 bits per heavy atom. The maximum atomic E-state index is 6.42. The quantitative estimate of drug-likeness (QED) is 0.814. The minimum absolute atomic E-state index is 0.695. The number of hydrogen-bond acceptors (Lipinski definition) is 2. The fourth-order valence-corrected chi connectivity index (χ4v) is 3.25. The Morgan fingerprint density at radius 1 is 1.33 bits per heavy atom. The molecule has 2 aliphatic rings. The zero-order valence-corrected chi connectivity index (χ0v) is 11.7. The Balaban J connectivity index is 1.81. The van der Waals surface area contributed by atoms with Crippen LogP contribution < -0.4 is 0 Å². The standard InChI is InChI=1S/C15H20ClNO/c1-11-2-3-12-9-15(16)13(8-14(11)12)10-17-4-6-18-7-5-17/h8-9,11H,2-7,10H2,1H3. The van der Waals surface area contributed by atoms with E-state index in [2.05, 4.69) is 24.0 Å². The van der Waals surface area contributed by atoms with Crippen molar-refractivity contribution in [2.75, 3.05) is 26.3 Å². The number of morpholine rings is 1. The van der Waals surface area contributed by atoms with Crippen molar-refractivity contribution in [1.29, 1.82) is 0 Å². The van der Waals surface area contributed by atoms with Gasteiger partial charge in [-0.2, -0.15) is 0 Å². The van der Waals surface area contributed by atoms with Gasteiger partial charge in [0.2, 0.25) is 0 Å². The molecule has 1 unspecified atom stereocenters. The van der Waals surface area contributed by atoms with Crippen LogP contribution in [0.2, 0.25) is 5.02 Å². The Labute approximate surface area is 114 Å². The summed E-state index contributed by atoms with van der Waals surface area (Å²) in [7, 11) is 0. The van der Waals surface area contributed by atoms with Crippen molar-refractivity contribution in [3.63, 3.8) is 0 Å². The summed E-state index contributed by atoms with van der Waals surface area (Å²) < 4.78 is 5.38. The Hall–Kier alpha value is -0.570. The number of aryl methyl sites for hydroxylation is 1. The molecule has 3 heteroatoms. The molecule has 1 aromatic carbocycles. The van der Waals surface area contributed by atoms with Gasteiger partial charge < -0.3 is 4.74 Å². The van der Waals surface area contributed by atoms with Crippen LogP contribution >= 0.6 is 11.6 Å². The third-order valence-corrected chi connectivity index (χ3v) is 4.54. The van der Waals surface area contributed by atoms with E-state index in [0.717, 1.165) is 37.9 Å². The molecule has 1 aliphatic heterocycles. The first kappa shape index (κ1) is 12.5. The first-order chi connectivity index (χ1) is 8.74. The molecule has 0 spiro atoms. The fraction of sp³-hybridized carbons (Fsp3) is 0.600. The number of rotatable bonds is 2. The lowest BCUT2D eigenvalue weighted by molar-refractivity contribution is 0.0342. The fourth-order valence-electron chi connectivity index (χ4n) is 3.00. The van der Waals surface area contributed by atoms with Crippen molar-refractivity contribution in [3.05, 3.63) is 33.8 Å². The van der Waals surface area contributed by atoms with Crippen LogP contribution in [-0.2, 0) is 17.7 Å². The van der Waals surface area contributed by atoms with Crippen LogP contribution in [0.25, 0.3) is 0 Å². The molecule has 0 radical (unpaired) electrons. The monoisotopic (exact) mass is 265 g/mol. The van der Waals surface area contributed by atoms with E-state index in [1.165, 1.54) is 29.5 Å². The molecule has 0 amide bonds. The molecule has 1 aromatic rings. The predicted octanol–water partition coefficient (Wildman–Crippen LogP) is 3.22. The van der Waals surface area contributed by atoms with Crippen molar-refractivity contribution >= 4 is 11.6 Å². The zero-order chi connectivity index (χ0) is 12.5. The molecule has 0 saturated carbocycles. The van der Waals surface area contributed by atoms with E-state index in [9.17, 15) is 0 Å². The topological polar surface area (TPSA) is 12.5 Å². The maximum Gasteiger partial charge on any atom is 0.0594 e. The van der Waals surface area contributed by atoms with Crippen molar-refractivity contribution in [1.82, 2.24) is 4.90 Å². The normalized spacial score (nSPS) is 24.2. The smallest absolute Gasteiger partial charge is 0.0594 e. The number of fused-ring (bicyclic) bond motifs is 1. The van der Waals surface area contributed by atoms with Gasteiger partial charge >= 0.3 is 0 Å². The largest absolute Gasteiger partial charge is 0.379 e. The van der Waals surface area contributed by atoms with Gasteiger partial charge in [-0.15, -0.1) is 0 Å². The van der Waals surface area contributed by atoms with Crippen LogP contribution in [0.15, 0.2) is 12.1 Å². The molecule has 1 fully saturated rings. The SMILES string of the molecule is CC1CCc2cc(Cl)c(CN3CCOCC3)cc21. The highest BCUT2D eigenvalue weighted by molar-refractivity contribution is 6.31. The van der Waals surface area contributed by atoms with Gasteiger partial charge in [0.1, 0.15) is 0 Å². The highest BCUT2D eigenvalue weighted by Crippen LogP contribution is 2.36. The first-order valence-corrected chi connectivity index (χ1v) is 7.23. The third kappa shape index (κ3) is 2.42. The molecule has 18 heavy (non-hydrogen) atoms. The molecule has 0 bridgehead atoms. The van der Waals surface area contributed by atoms with E-state index in [1.54, 1.807) is 0 Å². The van der Waals surface area contributed by atoms with Gasteiger partial charge in [-0.05, 0) is 41.5 Å². The van der Waals surface area contributed by atoms with Crippen molar-refractivity contribution in [2.24, 2.45) is 0 Å². The predicted molar refractivity (Wildman–Crippen MR) is 74.3 cm³/mol. The second-order valence-corrected chi connectivity index (χ2v) is 5.88. The highest BCUT2D eigenvalue weighted by atomic mass is 35.5. The number of hydrogen-bond donors (Lipinski definition) is 0. The minimum Gasteiger partial charge on any atom is -0.379 e. The molecule has 0 N–H and O–H groups in total. The molecule has 1 atom stereocenters. The minimum atomic E-state index is 0.695. The molecule has 1 saturated heterocycles. The van der Waals surface area contributed by atoms with Gasteiger partial charge in [0.15, 0.2) is 0 Å². The summed E-state index contributed by atoms with van der Waals surface area (Å²) in [6.07, 6.45) is 2.46. The van der Waals surface area contributed by atoms with E-state index in [1.807, 2.05) is 0 Å². The van der Waals surface area contributed by atoms with Gasteiger partial charge in [0, 0.05) is 24.7 Å². The van der Waals surface area contributed by atoms with Crippen molar-refractivity contribution in [3.8, 4) is 0 Å². The van der Waals surface area contributed by atoms with E-state index in [0.29, 0.717) is 5.92 Å². The molecule has 1 heterocycles. The summed E-state index contributed by atoms with van der Waals surface area (Å²) in [5.74, 6) is 0.695. The molecule has 3 rings (SSSR count). The number of nitrogens with zero attached hydrogens (tertiary/aromatic N) is 1. The molecule has 98 valence electrons. The zero-order valence-electron chi connectivity index (χ0n) is 10.9. The second kappa shape index (κ2) is 5.20. The van der Waals surface area contributed by atoms with Gasteiger partial charge in [0.25, 0.3) is 0 Å². The average Bonchev–Trinajstić information content (AvgIpc) is 2.73. The summed E-state index contributed by atoms with van der Waals surface area (Å²) in [6.45, 7) is 7.00. The molecule has 0 aromatic heterocycles. The van der Waals surface area contributed by atoms with E-state index >= 15 is 0 Å².